The van der Waals surface area contributed by atoms with Crippen molar-refractivity contribution in [3.05, 3.63) is 0 Å². The minimum absolute atomic E-state index is 0.398. The Morgan fingerprint density at radius 3 is 1.43 bits per heavy atom. The van der Waals surface area contributed by atoms with Crippen LogP contribution in [-0.4, -0.2) is 16.3 Å². The number of unbranched alkanes of at least 4 members (excludes halogenated alkanes) is 13. The van der Waals surface area contributed by atoms with Gasteiger partial charge in [-0.15, -0.1) is 12.6 Å². The number of carbonyl (C=O) groups is 1. The molecule has 126 valence electrons. The maximum atomic E-state index is 10.7. The summed E-state index contributed by atoms with van der Waals surface area (Å²) in [4.78, 5) is 10.7. The first kappa shape index (κ1) is 21.0. The Balaban J connectivity index is 3.04. The quantitative estimate of drug-likeness (QED) is 0.284. The Bertz CT molecular complexity index is 231. The fraction of sp³-hybridized carbons (Fsp3) is 0.944. The van der Waals surface area contributed by atoms with Crippen molar-refractivity contribution >= 4 is 17.7 Å². The Kier molecular flexibility index (Phi) is 16.3. The molecule has 0 saturated carbocycles. The van der Waals surface area contributed by atoms with Crippen LogP contribution in [0.1, 0.15) is 103 Å². The van der Waals surface area contributed by atoms with E-state index >= 15 is 0 Å². The van der Waals surface area contributed by atoms with Gasteiger partial charge in [-0.2, -0.15) is 0 Å². The SMILES string of the molecule is CCCCCCCCCCCCCCCCC(O)C(=O)S. The molecule has 0 spiro atoms. The molecule has 0 amide bonds. The van der Waals surface area contributed by atoms with Gasteiger partial charge in [0.25, 0.3) is 0 Å². The first-order chi connectivity index (χ1) is 10.2. The summed E-state index contributed by atoms with van der Waals surface area (Å²) >= 11 is 3.63. The maximum Gasteiger partial charge on any atom is 0.214 e. The first-order valence-electron chi connectivity index (χ1n) is 9.09. The van der Waals surface area contributed by atoms with Crippen molar-refractivity contribution < 1.29 is 9.90 Å². The molecule has 1 atom stereocenters. The van der Waals surface area contributed by atoms with E-state index in [-0.39, 0.29) is 0 Å². The van der Waals surface area contributed by atoms with Crippen molar-refractivity contribution in [2.24, 2.45) is 0 Å². The molecule has 0 saturated heterocycles. The smallest absolute Gasteiger partial charge is 0.214 e. The number of aliphatic hydroxyl groups excluding tert-OH is 1. The highest BCUT2D eigenvalue weighted by Gasteiger charge is 2.09. The Labute approximate surface area is 137 Å². The summed E-state index contributed by atoms with van der Waals surface area (Å²) in [6.07, 6.45) is 18.2. The summed E-state index contributed by atoms with van der Waals surface area (Å²) < 4.78 is 0. The fourth-order valence-electron chi connectivity index (χ4n) is 2.66. The molecule has 1 unspecified atom stereocenters. The zero-order valence-corrected chi connectivity index (χ0v) is 14.9. The molecule has 0 radical (unpaired) electrons. The van der Waals surface area contributed by atoms with Crippen LogP contribution in [0.25, 0.3) is 0 Å². The number of aliphatic hydroxyl groups is 1. The minimum Gasteiger partial charge on any atom is -0.384 e. The summed E-state index contributed by atoms with van der Waals surface area (Å²) in [5.41, 5.74) is 0. The molecular formula is C18H36O2S. The van der Waals surface area contributed by atoms with Crippen LogP contribution in [0.5, 0.6) is 0 Å². The van der Waals surface area contributed by atoms with Crippen molar-refractivity contribution in [3.63, 3.8) is 0 Å². The average molecular weight is 317 g/mol. The minimum atomic E-state index is -0.856. The molecule has 0 heterocycles. The van der Waals surface area contributed by atoms with Crippen molar-refractivity contribution in [1.29, 1.82) is 0 Å². The van der Waals surface area contributed by atoms with Crippen LogP contribution in [0, 0.1) is 0 Å². The first-order valence-corrected chi connectivity index (χ1v) is 9.54. The van der Waals surface area contributed by atoms with Crippen LogP contribution in [0.2, 0.25) is 0 Å². The largest absolute Gasteiger partial charge is 0.384 e. The van der Waals surface area contributed by atoms with Crippen molar-refractivity contribution in [1.82, 2.24) is 0 Å². The van der Waals surface area contributed by atoms with Gasteiger partial charge in [0.05, 0.1) is 0 Å². The summed E-state index contributed by atoms with van der Waals surface area (Å²) in [5.74, 6) is 0. The molecule has 1 N–H and O–H groups in total. The van der Waals surface area contributed by atoms with E-state index in [1.807, 2.05) is 0 Å². The normalized spacial score (nSPS) is 12.5. The summed E-state index contributed by atoms with van der Waals surface area (Å²) in [5, 5.41) is 8.89. The van der Waals surface area contributed by atoms with Crippen molar-refractivity contribution in [2.45, 2.75) is 109 Å². The number of rotatable bonds is 16. The molecule has 0 aromatic heterocycles. The van der Waals surface area contributed by atoms with E-state index in [1.165, 1.54) is 77.0 Å². The van der Waals surface area contributed by atoms with Crippen molar-refractivity contribution in [2.75, 3.05) is 0 Å². The fourth-order valence-corrected chi connectivity index (χ4v) is 2.78. The van der Waals surface area contributed by atoms with Gasteiger partial charge < -0.3 is 5.11 Å². The summed E-state index contributed by atoms with van der Waals surface area (Å²) in [6, 6.07) is 0. The van der Waals surface area contributed by atoms with E-state index in [0.717, 1.165) is 12.8 Å². The summed E-state index contributed by atoms with van der Waals surface area (Å²) in [6.45, 7) is 2.27. The van der Waals surface area contributed by atoms with Gasteiger partial charge in [-0.05, 0) is 6.42 Å². The Morgan fingerprint density at radius 2 is 1.10 bits per heavy atom. The number of thiol groups is 1. The predicted octanol–water partition coefficient (Wildman–Crippen LogP) is 5.68. The lowest BCUT2D eigenvalue weighted by atomic mass is 10.0. The van der Waals surface area contributed by atoms with Gasteiger partial charge in [-0.3, -0.25) is 4.79 Å². The van der Waals surface area contributed by atoms with Crippen molar-refractivity contribution in [3.8, 4) is 0 Å². The van der Waals surface area contributed by atoms with Crippen LogP contribution >= 0.6 is 12.6 Å². The standard InChI is InChI=1S/C18H36O2S/c1-2-3-4-5-6-7-8-9-10-11-12-13-14-15-16-17(19)18(20)21/h17,19H,2-16H2,1H3,(H,20,21). The van der Waals surface area contributed by atoms with E-state index in [4.69, 9.17) is 0 Å². The van der Waals surface area contributed by atoms with Gasteiger partial charge in [-0.25, -0.2) is 0 Å². The third-order valence-corrected chi connectivity index (χ3v) is 4.41. The maximum absolute atomic E-state index is 10.7. The Hall–Kier alpha value is -0.0200. The van der Waals surface area contributed by atoms with Gasteiger partial charge in [0.1, 0.15) is 6.10 Å². The zero-order chi connectivity index (χ0) is 15.8. The van der Waals surface area contributed by atoms with Gasteiger partial charge in [0, 0.05) is 0 Å². The highest BCUT2D eigenvalue weighted by molar-refractivity contribution is 7.96. The van der Waals surface area contributed by atoms with E-state index in [9.17, 15) is 9.90 Å². The Morgan fingerprint density at radius 1 is 0.762 bits per heavy atom. The number of hydrogen-bond acceptors (Lipinski definition) is 2. The van der Waals surface area contributed by atoms with E-state index < -0.39 is 11.2 Å². The van der Waals surface area contributed by atoms with E-state index in [2.05, 4.69) is 19.6 Å². The third kappa shape index (κ3) is 16.2. The number of hydrogen-bond donors (Lipinski definition) is 2. The lowest BCUT2D eigenvalue weighted by molar-refractivity contribution is -0.118. The van der Waals surface area contributed by atoms with Crippen LogP contribution < -0.4 is 0 Å². The zero-order valence-electron chi connectivity index (χ0n) is 14.0. The van der Waals surface area contributed by atoms with Gasteiger partial charge in [-0.1, -0.05) is 96.8 Å². The molecule has 0 aromatic carbocycles. The lowest BCUT2D eigenvalue weighted by Gasteiger charge is -2.05. The third-order valence-electron chi connectivity index (χ3n) is 4.12. The second kappa shape index (κ2) is 16.4. The second-order valence-corrected chi connectivity index (χ2v) is 6.68. The monoisotopic (exact) mass is 316 g/mol. The van der Waals surface area contributed by atoms with Gasteiger partial charge in [0.15, 0.2) is 0 Å². The molecule has 2 nitrogen and oxygen atoms in total. The highest BCUT2D eigenvalue weighted by atomic mass is 32.1. The van der Waals surface area contributed by atoms with Crippen LogP contribution in [0.15, 0.2) is 0 Å². The predicted molar refractivity (Wildman–Crippen MR) is 94.9 cm³/mol. The molecule has 0 aromatic rings. The average Bonchev–Trinajstić information content (AvgIpc) is 2.47. The molecule has 0 aliphatic rings. The highest BCUT2D eigenvalue weighted by Crippen LogP contribution is 2.14. The molecular weight excluding hydrogens is 280 g/mol. The second-order valence-electron chi connectivity index (χ2n) is 6.24. The summed E-state index contributed by atoms with van der Waals surface area (Å²) in [7, 11) is 0. The molecule has 21 heavy (non-hydrogen) atoms. The van der Waals surface area contributed by atoms with Crippen LogP contribution in [0.4, 0.5) is 0 Å². The molecule has 0 aliphatic carbocycles. The van der Waals surface area contributed by atoms with E-state index in [1.54, 1.807) is 0 Å². The van der Waals surface area contributed by atoms with Crippen LogP contribution in [-0.2, 0) is 4.79 Å². The topological polar surface area (TPSA) is 37.3 Å². The van der Waals surface area contributed by atoms with Gasteiger partial charge in [0.2, 0.25) is 5.12 Å². The molecule has 0 aliphatic heterocycles. The number of carbonyl (C=O) groups excluding carboxylic acids is 1. The molecule has 0 fully saturated rings. The molecule has 0 rings (SSSR count). The van der Waals surface area contributed by atoms with E-state index in [0.29, 0.717) is 6.42 Å². The molecule has 3 heteroatoms. The van der Waals surface area contributed by atoms with Gasteiger partial charge >= 0.3 is 0 Å². The lowest BCUT2D eigenvalue weighted by Crippen LogP contribution is -2.14. The molecule has 0 bridgehead atoms. The van der Waals surface area contributed by atoms with Crippen LogP contribution in [0.3, 0.4) is 0 Å².